The van der Waals surface area contributed by atoms with Gasteiger partial charge in [-0.25, -0.2) is 4.39 Å². The van der Waals surface area contributed by atoms with E-state index in [1.165, 1.54) is 6.07 Å². The molecule has 5 nitrogen and oxygen atoms in total. The van der Waals surface area contributed by atoms with Gasteiger partial charge >= 0.3 is 0 Å². The van der Waals surface area contributed by atoms with Gasteiger partial charge in [-0.3, -0.25) is 4.79 Å². The van der Waals surface area contributed by atoms with E-state index < -0.39 is 0 Å². The van der Waals surface area contributed by atoms with Gasteiger partial charge in [0.05, 0.1) is 5.69 Å². The topological polar surface area (TPSA) is 38.8 Å². The lowest BCUT2D eigenvalue weighted by Gasteiger charge is -2.32. The summed E-state index contributed by atoms with van der Waals surface area (Å²) in [5.74, 6) is 0.0666. The van der Waals surface area contributed by atoms with Gasteiger partial charge in [0.25, 0.3) is 5.91 Å². The third-order valence-electron chi connectivity index (χ3n) is 6.72. The average molecular weight is 425 g/mol. The average Bonchev–Trinajstić information content (AvgIpc) is 3.26. The number of anilines is 3. The second-order valence-corrected chi connectivity index (χ2v) is 9.19. The highest BCUT2D eigenvalue weighted by Crippen LogP contribution is 2.27. The second kappa shape index (κ2) is 9.27. The number of piperidine rings is 1. The highest BCUT2D eigenvalue weighted by molar-refractivity contribution is 6.04. The van der Waals surface area contributed by atoms with Crippen LogP contribution in [-0.2, 0) is 0 Å². The second-order valence-electron chi connectivity index (χ2n) is 9.19. The van der Waals surface area contributed by atoms with Crippen molar-refractivity contribution >= 4 is 23.0 Å². The van der Waals surface area contributed by atoms with Crippen LogP contribution in [0.15, 0.2) is 42.5 Å². The fourth-order valence-corrected chi connectivity index (χ4v) is 4.51. The third-order valence-corrected chi connectivity index (χ3v) is 6.72. The van der Waals surface area contributed by atoms with Crippen molar-refractivity contribution in [2.45, 2.75) is 32.2 Å². The van der Waals surface area contributed by atoms with Crippen molar-refractivity contribution in [1.82, 2.24) is 4.90 Å². The van der Waals surface area contributed by atoms with Gasteiger partial charge in [0.2, 0.25) is 0 Å². The Balaban J connectivity index is 1.37. The molecule has 0 saturated carbocycles. The summed E-state index contributed by atoms with van der Waals surface area (Å²) in [5.41, 5.74) is 2.80. The maximum atomic E-state index is 14.7. The highest BCUT2D eigenvalue weighted by atomic mass is 19.1. The van der Waals surface area contributed by atoms with E-state index in [1.807, 2.05) is 24.3 Å². The molecule has 4 rings (SSSR count). The number of halogens is 1. The lowest BCUT2D eigenvalue weighted by molar-refractivity contribution is 0.102. The van der Waals surface area contributed by atoms with Crippen LogP contribution >= 0.6 is 0 Å². The maximum Gasteiger partial charge on any atom is 0.255 e. The molecule has 0 aliphatic carbocycles. The van der Waals surface area contributed by atoms with Crippen LogP contribution in [-0.4, -0.2) is 57.1 Å². The number of carbonyl (C=O) groups is 1. The molecular formula is C25H33FN4O. The van der Waals surface area contributed by atoms with Crippen molar-refractivity contribution in [2.24, 2.45) is 5.92 Å². The van der Waals surface area contributed by atoms with E-state index in [0.717, 1.165) is 51.1 Å². The molecule has 2 heterocycles. The van der Waals surface area contributed by atoms with E-state index in [9.17, 15) is 9.18 Å². The van der Waals surface area contributed by atoms with Gasteiger partial charge in [0.1, 0.15) is 5.82 Å². The molecule has 6 heteroatoms. The summed E-state index contributed by atoms with van der Waals surface area (Å²) in [6.45, 7) is 6.01. The molecule has 166 valence electrons. The monoisotopic (exact) mass is 424 g/mol. The first kappa shape index (κ1) is 21.6. The van der Waals surface area contributed by atoms with E-state index >= 15 is 0 Å². The number of benzene rings is 2. The zero-order chi connectivity index (χ0) is 22.0. The number of carbonyl (C=O) groups excluding carboxylic acids is 1. The van der Waals surface area contributed by atoms with Crippen LogP contribution in [0.3, 0.4) is 0 Å². The van der Waals surface area contributed by atoms with Crippen LogP contribution in [0.2, 0.25) is 0 Å². The van der Waals surface area contributed by atoms with Crippen LogP contribution < -0.4 is 15.1 Å². The molecular weight excluding hydrogens is 391 g/mol. The molecule has 2 aliphatic heterocycles. The Labute approximate surface area is 184 Å². The minimum absolute atomic E-state index is 0.292. The summed E-state index contributed by atoms with van der Waals surface area (Å²) in [6, 6.07) is 13.3. The van der Waals surface area contributed by atoms with E-state index in [-0.39, 0.29) is 11.7 Å². The fourth-order valence-electron chi connectivity index (χ4n) is 4.51. The SMILES string of the molecule is CC1CCN(c2ccc(C(=O)Nc3ccc(N4CCC(N(C)C)C4)cc3)cc2F)CC1. The first-order valence-electron chi connectivity index (χ1n) is 11.3. The predicted octanol–water partition coefficient (Wildman–Crippen LogP) is 4.45. The normalized spacial score (nSPS) is 19.8. The molecule has 0 bridgehead atoms. The molecule has 0 aromatic heterocycles. The third kappa shape index (κ3) is 5.01. The Hall–Kier alpha value is -2.60. The first-order chi connectivity index (χ1) is 14.9. The maximum absolute atomic E-state index is 14.7. The molecule has 2 fully saturated rings. The smallest absolute Gasteiger partial charge is 0.255 e. The number of hydrogen-bond donors (Lipinski definition) is 1. The lowest BCUT2D eigenvalue weighted by atomic mass is 9.98. The summed E-state index contributed by atoms with van der Waals surface area (Å²) in [6.07, 6.45) is 3.30. The van der Waals surface area contributed by atoms with Gasteiger partial charge in [-0.2, -0.15) is 0 Å². The Morgan fingerprint density at radius 3 is 2.29 bits per heavy atom. The van der Waals surface area contributed by atoms with E-state index in [2.05, 4.69) is 41.0 Å². The van der Waals surface area contributed by atoms with Crippen LogP contribution in [0.1, 0.15) is 36.5 Å². The minimum Gasteiger partial charge on any atom is -0.370 e. The zero-order valence-electron chi connectivity index (χ0n) is 18.8. The predicted molar refractivity (Wildman–Crippen MR) is 126 cm³/mol. The molecule has 0 spiro atoms. The van der Waals surface area contributed by atoms with Gasteiger partial charge in [-0.05, 0) is 81.7 Å². The Kier molecular flexibility index (Phi) is 6.46. The first-order valence-corrected chi connectivity index (χ1v) is 11.3. The molecule has 2 aliphatic rings. The molecule has 2 saturated heterocycles. The Morgan fingerprint density at radius 2 is 1.68 bits per heavy atom. The van der Waals surface area contributed by atoms with Crippen LogP contribution in [0, 0.1) is 11.7 Å². The van der Waals surface area contributed by atoms with Gasteiger partial charge < -0.3 is 20.0 Å². The Morgan fingerprint density at radius 1 is 1.00 bits per heavy atom. The zero-order valence-corrected chi connectivity index (χ0v) is 18.8. The quantitative estimate of drug-likeness (QED) is 0.770. The summed E-state index contributed by atoms with van der Waals surface area (Å²) in [7, 11) is 4.24. The summed E-state index contributed by atoms with van der Waals surface area (Å²) in [5, 5.41) is 2.89. The molecule has 1 amide bonds. The van der Waals surface area contributed by atoms with Crippen LogP contribution in [0.5, 0.6) is 0 Å². The molecule has 1 unspecified atom stereocenters. The van der Waals surface area contributed by atoms with E-state index in [4.69, 9.17) is 0 Å². The van der Waals surface area contributed by atoms with E-state index in [1.54, 1.807) is 12.1 Å². The van der Waals surface area contributed by atoms with Crippen molar-refractivity contribution in [3.05, 3.63) is 53.8 Å². The fraction of sp³-hybridized carbons (Fsp3) is 0.480. The Bertz CT molecular complexity index is 906. The number of likely N-dealkylation sites (N-methyl/N-ethyl adjacent to an activating group) is 1. The summed E-state index contributed by atoms with van der Waals surface area (Å²) >= 11 is 0. The van der Waals surface area contributed by atoms with Crippen molar-refractivity contribution in [3.8, 4) is 0 Å². The number of nitrogens with one attached hydrogen (secondary N) is 1. The number of hydrogen-bond acceptors (Lipinski definition) is 4. The van der Waals surface area contributed by atoms with Gasteiger partial charge in [-0.1, -0.05) is 6.92 Å². The van der Waals surface area contributed by atoms with Gasteiger partial charge in [0.15, 0.2) is 0 Å². The standard InChI is InChI=1S/C25H33FN4O/c1-18-10-13-29(14-11-18)24-9-4-19(16-23(24)26)25(31)27-20-5-7-21(8-6-20)30-15-12-22(17-30)28(2)3/h4-9,16,18,22H,10-15,17H2,1-3H3,(H,27,31). The highest BCUT2D eigenvalue weighted by Gasteiger charge is 2.24. The van der Waals surface area contributed by atoms with Gasteiger partial charge in [0, 0.05) is 49.2 Å². The number of amides is 1. The van der Waals surface area contributed by atoms with Crippen molar-refractivity contribution in [1.29, 1.82) is 0 Å². The number of rotatable bonds is 5. The summed E-state index contributed by atoms with van der Waals surface area (Å²) < 4.78 is 14.7. The van der Waals surface area contributed by atoms with Crippen molar-refractivity contribution in [3.63, 3.8) is 0 Å². The lowest BCUT2D eigenvalue weighted by Crippen LogP contribution is -2.33. The molecule has 1 N–H and O–H groups in total. The molecule has 2 aromatic carbocycles. The minimum atomic E-state index is -0.331. The van der Waals surface area contributed by atoms with Gasteiger partial charge in [-0.15, -0.1) is 0 Å². The van der Waals surface area contributed by atoms with Crippen molar-refractivity contribution < 1.29 is 9.18 Å². The number of nitrogens with zero attached hydrogens (tertiary/aromatic N) is 3. The largest absolute Gasteiger partial charge is 0.370 e. The molecule has 0 radical (unpaired) electrons. The van der Waals surface area contributed by atoms with Crippen molar-refractivity contribution in [2.75, 3.05) is 55.4 Å². The molecule has 31 heavy (non-hydrogen) atoms. The molecule has 2 aromatic rings. The summed E-state index contributed by atoms with van der Waals surface area (Å²) in [4.78, 5) is 19.4. The van der Waals surface area contributed by atoms with Crippen LogP contribution in [0.25, 0.3) is 0 Å². The molecule has 1 atom stereocenters. The van der Waals surface area contributed by atoms with E-state index in [0.29, 0.717) is 28.9 Å². The van der Waals surface area contributed by atoms with Crippen LogP contribution in [0.4, 0.5) is 21.5 Å².